The minimum absolute atomic E-state index is 0.805. The number of para-hydroxylation sites is 1. The maximum absolute atomic E-state index is 6.36. The fraction of sp³-hybridized carbons (Fsp3) is 0.300. The predicted molar refractivity (Wildman–Crippen MR) is 99.2 cm³/mol. The first kappa shape index (κ1) is 16.1. The molecule has 0 radical (unpaired) electrons. The van der Waals surface area contributed by atoms with Crippen molar-refractivity contribution in [2.45, 2.75) is 33.4 Å². The van der Waals surface area contributed by atoms with Crippen LogP contribution in [0.5, 0.6) is 0 Å². The van der Waals surface area contributed by atoms with E-state index in [0.29, 0.717) is 0 Å². The summed E-state index contributed by atoms with van der Waals surface area (Å²) in [5.41, 5.74) is 5.14. The van der Waals surface area contributed by atoms with Crippen molar-refractivity contribution in [1.29, 1.82) is 0 Å². The molecule has 23 heavy (non-hydrogen) atoms. The lowest BCUT2D eigenvalue weighted by molar-refractivity contribution is 0.670. The second kappa shape index (κ2) is 7.20. The molecule has 0 bridgehead atoms. The molecule has 120 valence electrons. The highest BCUT2D eigenvalue weighted by Crippen LogP contribution is 2.28. The summed E-state index contributed by atoms with van der Waals surface area (Å²) in [6, 6.07) is 16.7. The fourth-order valence-corrected chi connectivity index (χ4v) is 3.31. The molecule has 0 saturated carbocycles. The third kappa shape index (κ3) is 3.29. The average molecular weight is 327 g/mol. The van der Waals surface area contributed by atoms with Crippen molar-refractivity contribution in [3.8, 4) is 0 Å². The summed E-state index contributed by atoms with van der Waals surface area (Å²) in [4.78, 5) is 0. The summed E-state index contributed by atoms with van der Waals surface area (Å²) in [5, 5.41) is 5.70. The molecule has 0 fully saturated rings. The highest BCUT2D eigenvalue weighted by Gasteiger charge is 2.14. The Kier molecular flexibility index (Phi) is 5.04. The zero-order valence-corrected chi connectivity index (χ0v) is 14.5. The van der Waals surface area contributed by atoms with Gasteiger partial charge in [-0.3, -0.25) is 0 Å². The molecule has 0 saturated heterocycles. The number of hydrogen-bond donors (Lipinski definition) is 1. The van der Waals surface area contributed by atoms with Gasteiger partial charge in [0.25, 0.3) is 0 Å². The van der Waals surface area contributed by atoms with Gasteiger partial charge in [-0.15, -0.1) is 0 Å². The first-order valence-corrected chi connectivity index (χ1v) is 8.61. The van der Waals surface area contributed by atoms with Gasteiger partial charge in [0, 0.05) is 34.7 Å². The molecule has 3 rings (SSSR count). The molecule has 0 atom stereocenters. The van der Waals surface area contributed by atoms with Crippen molar-refractivity contribution < 1.29 is 0 Å². The van der Waals surface area contributed by atoms with Gasteiger partial charge in [-0.1, -0.05) is 54.9 Å². The first-order chi connectivity index (χ1) is 11.2. The maximum atomic E-state index is 6.36. The van der Waals surface area contributed by atoms with Crippen LogP contribution in [-0.2, 0) is 13.1 Å². The van der Waals surface area contributed by atoms with Crippen molar-refractivity contribution in [2.24, 2.45) is 0 Å². The number of nitrogens with one attached hydrogen (secondary N) is 1. The van der Waals surface area contributed by atoms with E-state index in [1.165, 1.54) is 22.2 Å². The Hall–Kier alpha value is -1.77. The van der Waals surface area contributed by atoms with Gasteiger partial charge < -0.3 is 9.88 Å². The molecular weight excluding hydrogens is 304 g/mol. The van der Waals surface area contributed by atoms with Crippen LogP contribution in [0.3, 0.4) is 0 Å². The van der Waals surface area contributed by atoms with E-state index in [9.17, 15) is 0 Å². The Bertz CT molecular complexity index is 805. The molecule has 1 N–H and O–H groups in total. The number of fused-ring (bicyclic) bond motifs is 1. The van der Waals surface area contributed by atoms with E-state index in [1.54, 1.807) is 0 Å². The largest absolute Gasteiger partial charge is 0.340 e. The van der Waals surface area contributed by atoms with E-state index in [0.717, 1.165) is 36.6 Å². The van der Waals surface area contributed by atoms with E-state index in [1.807, 2.05) is 18.2 Å². The van der Waals surface area contributed by atoms with Crippen LogP contribution in [0.25, 0.3) is 10.9 Å². The molecule has 0 unspecified atom stereocenters. The van der Waals surface area contributed by atoms with Crippen molar-refractivity contribution >= 4 is 22.5 Å². The summed E-state index contributed by atoms with van der Waals surface area (Å²) in [5.74, 6) is 0. The zero-order chi connectivity index (χ0) is 16.2. The quantitative estimate of drug-likeness (QED) is 0.620. The standard InChI is InChI=1S/C20H23ClN2/c1-3-12-22-13-18-15(2)23(20-11-7-5-9-17(18)20)14-16-8-4-6-10-19(16)21/h4-11,22H,3,12-14H2,1-2H3. The van der Waals surface area contributed by atoms with Gasteiger partial charge in [-0.05, 0) is 43.1 Å². The minimum Gasteiger partial charge on any atom is -0.340 e. The van der Waals surface area contributed by atoms with Crippen molar-refractivity contribution in [2.75, 3.05) is 6.54 Å². The van der Waals surface area contributed by atoms with Crippen molar-refractivity contribution in [3.05, 3.63) is 70.4 Å². The Morgan fingerprint density at radius 1 is 1.04 bits per heavy atom. The summed E-state index contributed by atoms with van der Waals surface area (Å²) < 4.78 is 2.37. The number of halogens is 1. The topological polar surface area (TPSA) is 17.0 Å². The molecule has 3 heteroatoms. The van der Waals surface area contributed by atoms with Gasteiger partial charge in [-0.25, -0.2) is 0 Å². The van der Waals surface area contributed by atoms with E-state index >= 15 is 0 Å². The smallest absolute Gasteiger partial charge is 0.0493 e. The van der Waals surface area contributed by atoms with Crippen LogP contribution in [0.2, 0.25) is 5.02 Å². The molecule has 1 aromatic heterocycles. The summed E-state index contributed by atoms with van der Waals surface area (Å²) in [6.45, 7) is 7.17. The summed E-state index contributed by atoms with van der Waals surface area (Å²) in [7, 11) is 0. The van der Waals surface area contributed by atoms with Crippen LogP contribution in [0, 0.1) is 6.92 Å². The van der Waals surface area contributed by atoms with Crippen LogP contribution >= 0.6 is 11.6 Å². The van der Waals surface area contributed by atoms with Crippen molar-refractivity contribution in [1.82, 2.24) is 9.88 Å². The van der Waals surface area contributed by atoms with E-state index in [2.05, 4.69) is 54.1 Å². The summed E-state index contributed by atoms with van der Waals surface area (Å²) in [6.07, 6.45) is 1.15. The Morgan fingerprint density at radius 3 is 2.57 bits per heavy atom. The molecule has 1 heterocycles. The SMILES string of the molecule is CCCNCc1c(C)n(Cc2ccccc2Cl)c2ccccc12. The molecule has 2 aromatic carbocycles. The third-order valence-electron chi connectivity index (χ3n) is 4.38. The molecule has 3 aromatic rings. The van der Waals surface area contributed by atoms with Crippen LogP contribution in [0.15, 0.2) is 48.5 Å². The van der Waals surface area contributed by atoms with Gasteiger partial charge in [0.2, 0.25) is 0 Å². The molecule has 0 amide bonds. The number of hydrogen-bond acceptors (Lipinski definition) is 1. The Balaban J connectivity index is 2.03. The number of benzene rings is 2. The van der Waals surface area contributed by atoms with E-state index in [-0.39, 0.29) is 0 Å². The lowest BCUT2D eigenvalue weighted by Crippen LogP contribution is -2.14. The van der Waals surface area contributed by atoms with Crippen molar-refractivity contribution in [3.63, 3.8) is 0 Å². The number of rotatable bonds is 6. The highest BCUT2D eigenvalue weighted by molar-refractivity contribution is 6.31. The zero-order valence-electron chi connectivity index (χ0n) is 13.8. The fourth-order valence-electron chi connectivity index (χ4n) is 3.12. The summed E-state index contributed by atoms with van der Waals surface area (Å²) >= 11 is 6.36. The van der Waals surface area contributed by atoms with E-state index < -0.39 is 0 Å². The normalized spacial score (nSPS) is 11.3. The van der Waals surface area contributed by atoms with Crippen LogP contribution in [-0.4, -0.2) is 11.1 Å². The second-order valence-corrected chi connectivity index (χ2v) is 6.34. The molecule has 0 aliphatic heterocycles. The molecule has 0 aliphatic carbocycles. The first-order valence-electron chi connectivity index (χ1n) is 8.23. The average Bonchev–Trinajstić information content (AvgIpc) is 2.83. The monoisotopic (exact) mass is 326 g/mol. The van der Waals surface area contributed by atoms with Gasteiger partial charge in [-0.2, -0.15) is 0 Å². The van der Waals surface area contributed by atoms with Crippen LogP contribution < -0.4 is 5.32 Å². The van der Waals surface area contributed by atoms with Gasteiger partial charge in [0.1, 0.15) is 0 Å². The third-order valence-corrected chi connectivity index (χ3v) is 4.75. The highest BCUT2D eigenvalue weighted by atomic mass is 35.5. The Labute approximate surface area is 143 Å². The molecule has 0 aliphatic rings. The molecule has 0 spiro atoms. The number of nitrogens with zero attached hydrogens (tertiary/aromatic N) is 1. The van der Waals surface area contributed by atoms with Gasteiger partial charge >= 0.3 is 0 Å². The Morgan fingerprint density at radius 2 is 1.78 bits per heavy atom. The number of aromatic nitrogens is 1. The molecular formula is C20H23ClN2. The van der Waals surface area contributed by atoms with Gasteiger partial charge in [0.05, 0.1) is 0 Å². The molecule has 2 nitrogen and oxygen atoms in total. The van der Waals surface area contributed by atoms with Crippen LogP contribution in [0.1, 0.15) is 30.2 Å². The maximum Gasteiger partial charge on any atom is 0.0493 e. The lowest BCUT2D eigenvalue weighted by atomic mass is 10.1. The van der Waals surface area contributed by atoms with Gasteiger partial charge in [0.15, 0.2) is 0 Å². The van der Waals surface area contributed by atoms with Crippen LogP contribution in [0.4, 0.5) is 0 Å². The minimum atomic E-state index is 0.805. The lowest BCUT2D eigenvalue weighted by Gasteiger charge is -2.11. The predicted octanol–water partition coefficient (Wildman–Crippen LogP) is 5.15. The van der Waals surface area contributed by atoms with E-state index in [4.69, 9.17) is 11.6 Å². The second-order valence-electron chi connectivity index (χ2n) is 5.94.